The van der Waals surface area contributed by atoms with Crippen molar-refractivity contribution in [3.05, 3.63) is 59.7 Å². The van der Waals surface area contributed by atoms with Gasteiger partial charge in [-0.15, -0.1) is 0 Å². The maximum Gasteiger partial charge on any atom is 0.202 e. The van der Waals surface area contributed by atoms with Crippen molar-refractivity contribution in [2.45, 2.75) is 20.0 Å². The summed E-state index contributed by atoms with van der Waals surface area (Å²) >= 11 is 0. The van der Waals surface area contributed by atoms with Gasteiger partial charge in [-0.25, -0.2) is 0 Å². The van der Waals surface area contributed by atoms with E-state index in [0.29, 0.717) is 23.5 Å². The highest BCUT2D eigenvalue weighted by molar-refractivity contribution is 5.99. The van der Waals surface area contributed by atoms with Gasteiger partial charge in [-0.05, 0) is 62.4 Å². The smallest absolute Gasteiger partial charge is 0.202 e. The molecule has 2 rings (SSSR count). The maximum absolute atomic E-state index is 12.3. The summed E-state index contributed by atoms with van der Waals surface area (Å²) in [4.78, 5) is 12.3. The summed E-state index contributed by atoms with van der Waals surface area (Å²) in [6.45, 7) is 4.20. The van der Waals surface area contributed by atoms with Crippen molar-refractivity contribution >= 4 is 5.78 Å². The summed E-state index contributed by atoms with van der Waals surface area (Å²) < 4.78 is 11.0. The number of nitrogens with zero attached hydrogens (tertiary/aromatic N) is 1. The van der Waals surface area contributed by atoms with Crippen LogP contribution in [0.2, 0.25) is 0 Å². The first-order valence-corrected chi connectivity index (χ1v) is 7.08. The lowest BCUT2D eigenvalue weighted by Gasteiger charge is -2.14. The SMILES string of the molecule is CCOc1ccc(C(=O)[C@@H](C)Oc2ccc(C#N)cc2)cc1. The Bertz CT molecular complexity index is 669. The van der Waals surface area contributed by atoms with E-state index in [9.17, 15) is 4.79 Å². The van der Waals surface area contributed by atoms with Crippen LogP contribution in [0.5, 0.6) is 11.5 Å². The Balaban J connectivity index is 2.03. The molecule has 0 heterocycles. The van der Waals surface area contributed by atoms with E-state index in [4.69, 9.17) is 14.7 Å². The van der Waals surface area contributed by atoms with Crippen LogP contribution in [-0.2, 0) is 0 Å². The van der Waals surface area contributed by atoms with Crippen molar-refractivity contribution < 1.29 is 14.3 Å². The Morgan fingerprint density at radius 2 is 1.68 bits per heavy atom. The number of Topliss-reactive ketones (excluding diaryl/α,β-unsaturated/α-hetero) is 1. The monoisotopic (exact) mass is 295 g/mol. The van der Waals surface area contributed by atoms with Gasteiger partial charge in [0, 0.05) is 5.56 Å². The highest BCUT2D eigenvalue weighted by atomic mass is 16.5. The molecule has 0 N–H and O–H groups in total. The van der Waals surface area contributed by atoms with Gasteiger partial charge in [-0.2, -0.15) is 5.26 Å². The second-order valence-corrected chi connectivity index (χ2v) is 4.72. The van der Waals surface area contributed by atoms with E-state index in [1.165, 1.54) is 0 Å². The first kappa shape index (κ1) is 15.6. The van der Waals surface area contributed by atoms with Crippen LogP contribution in [0.1, 0.15) is 29.8 Å². The standard InChI is InChI=1S/C18H17NO3/c1-3-21-16-10-6-15(7-11-16)18(20)13(2)22-17-8-4-14(12-19)5-9-17/h4-11,13H,3H2,1-2H3/t13-/m1/s1. The molecule has 0 saturated carbocycles. The summed E-state index contributed by atoms with van der Waals surface area (Å²) in [6, 6.07) is 15.7. The normalized spacial score (nSPS) is 11.3. The van der Waals surface area contributed by atoms with Crippen LogP contribution in [0.4, 0.5) is 0 Å². The fraction of sp³-hybridized carbons (Fsp3) is 0.222. The zero-order chi connectivity index (χ0) is 15.9. The zero-order valence-corrected chi connectivity index (χ0v) is 12.6. The topological polar surface area (TPSA) is 59.3 Å². The van der Waals surface area contributed by atoms with Gasteiger partial charge in [-0.1, -0.05) is 0 Å². The fourth-order valence-electron chi connectivity index (χ4n) is 1.98. The summed E-state index contributed by atoms with van der Waals surface area (Å²) in [5, 5.41) is 8.75. The molecule has 0 bridgehead atoms. The molecule has 0 aliphatic carbocycles. The van der Waals surface area contributed by atoms with E-state index in [2.05, 4.69) is 0 Å². The molecule has 1 atom stereocenters. The molecule has 0 aromatic heterocycles. The Morgan fingerprint density at radius 3 is 2.23 bits per heavy atom. The summed E-state index contributed by atoms with van der Waals surface area (Å²) in [5.74, 6) is 1.19. The van der Waals surface area contributed by atoms with E-state index in [1.54, 1.807) is 55.5 Å². The molecule has 2 aromatic rings. The lowest BCUT2D eigenvalue weighted by Crippen LogP contribution is -2.23. The molecule has 0 saturated heterocycles. The third-order valence-corrected chi connectivity index (χ3v) is 3.12. The molecule has 0 aliphatic heterocycles. The number of ketones is 1. The number of carbonyl (C=O) groups excluding carboxylic acids is 1. The van der Waals surface area contributed by atoms with Crippen molar-refractivity contribution in [3.8, 4) is 17.6 Å². The minimum atomic E-state index is -0.606. The van der Waals surface area contributed by atoms with Crippen molar-refractivity contribution in [3.63, 3.8) is 0 Å². The van der Waals surface area contributed by atoms with Crippen molar-refractivity contribution in [1.82, 2.24) is 0 Å². The van der Waals surface area contributed by atoms with Crippen molar-refractivity contribution in [1.29, 1.82) is 5.26 Å². The molecule has 0 fully saturated rings. The number of benzene rings is 2. The van der Waals surface area contributed by atoms with Gasteiger partial charge in [0.1, 0.15) is 11.5 Å². The zero-order valence-electron chi connectivity index (χ0n) is 12.6. The summed E-state index contributed by atoms with van der Waals surface area (Å²) in [5.41, 5.74) is 1.13. The van der Waals surface area contributed by atoms with Gasteiger partial charge in [0.05, 0.1) is 18.2 Å². The number of carbonyl (C=O) groups is 1. The maximum atomic E-state index is 12.3. The molecule has 0 spiro atoms. The Morgan fingerprint density at radius 1 is 1.09 bits per heavy atom. The molecule has 4 nitrogen and oxygen atoms in total. The summed E-state index contributed by atoms with van der Waals surface area (Å²) in [7, 11) is 0. The lowest BCUT2D eigenvalue weighted by molar-refractivity contribution is 0.0818. The molecule has 22 heavy (non-hydrogen) atoms. The van der Waals surface area contributed by atoms with Gasteiger partial charge in [0.25, 0.3) is 0 Å². The first-order valence-electron chi connectivity index (χ1n) is 7.08. The molecule has 0 amide bonds. The highest BCUT2D eigenvalue weighted by Gasteiger charge is 2.17. The van der Waals surface area contributed by atoms with Crippen LogP contribution in [-0.4, -0.2) is 18.5 Å². The Hall–Kier alpha value is -2.80. The van der Waals surface area contributed by atoms with Crippen LogP contribution < -0.4 is 9.47 Å². The summed E-state index contributed by atoms with van der Waals surface area (Å²) in [6.07, 6.45) is -0.606. The molecular formula is C18H17NO3. The second kappa shape index (κ2) is 7.28. The molecule has 112 valence electrons. The predicted octanol–water partition coefficient (Wildman–Crippen LogP) is 3.61. The third kappa shape index (κ3) is 3.86. The van der Waals surface area contributed by atoms with E-state index in [1.807, 2.05) is 13.0 Å². The minimum absolute atomic E-state index is 0.104. The van der Waals surface area contributed by atoms with Crippen molar-refractivity contribution in [2.24, 2.45) is 0 Å². The molecule has 2 aromatic carbocycles. The average molecular weight is 295 g/mol. The van der Waals surface area contributed by atoms with E-state index >= 15 is 0 Å². The second-order valence-electron chi connectivity index (χ2n) is 4.72. The third-order valence-electron chi connectivity index (χ3n) is 3.12. The Labute approximate surface area is 129 Å². The van der Waals surface area contributed by atoms with Gasteiger partial charge < -0.3 is 9.47 Å². The van der Waals surface area contributed by atoms with Gasteiger partial charge in [0.2, 0.25) is 5.78 Å². The quantitative estimate of drug-likeness (QED) is 0.764. The van der Waals surface area contributed by atoms with Crippen LogP contribution in [0.15, 0.2) is 48.5 Å². The van der Waals surface area contributed by atoms with Gasteiger partial charge in [-0.3, -0.25) is 4.79 Å². The molecular weight excluding hydrogens is 278 g/mol. The Kier molecular flexibility index (Phi) is 5.16. The van der Waals surface area contributed by atoms with Crippen LogP contribution in [0.25, 0.3) is 0 Å². The average Bonchev–Trinajstić information content (AvgIpc) is 2.56. The van der Waals surface area contributed by atoms with E-state index in [-0.39, 0.29) is 5.78 Å². The molecule has 0 unspecified atom stereocenters. The number of nitriles is 1. The number of ether oxygens (including phenoxy) is 2. The van der Waals surface area contributed by atoms with E-state index < -0.39 is 6.10 Å². The molecule has 0 radical (unpaired) electrons. The first-order chi connectivity index (χ1) is 10.6. The van der Waals surface area contributed by atoms with Crippen LogP contribution in [0.3, 0.4) is 0 Å². The number of hydrogen-bond acceptors (Lipinski definition) is 4. The highest BCUT2D eigenvalue weighted by Crippen LogP contribution is 2.17. The van der Waals surface area contributed by atoms with Gasteiger partial charge >= 0.3 is 0 Å². The fourth-order valence-corrected chi connectivity index (χ4v) is 1.98. The largest absolute Gasteiger partial charge is 0.494 e. The van der Waals surface area contributed by atoms with Crippen molar-refractivity contribution in [2.75, 3.05) is 6.61 Å². The predicted molar refractivity (Wildman–Crippen MR) is 83.2 cm³/mol. The lowest BCUT2D eigenvalue weighted by atomic mass is 10.1. The molecule has 0 aliphatic rings. The number of hydrogen-bond donors (Lipinski definition) is 0. The minimum Gasteiger partial charge on any atom is -0.494 e. The number of rotatable bonds is 6. The van der Waals surface area contributed by atoms with Crippen LogP contribution >= 0.6 is 0 Å². The van der Waals surface area contributed by atoms with Crippen LogP contribution in [0, 0.1) is 11.3 Å². The van der Waals surface area contributed by atoms with E-state index in [0.717, 1.165) is 5.75 Å². The van der Waals surface area contributed by atoms with Gasteiger partial charge in [0.15, 0.2) is 6.10 Å². The molecule has 4 heteroatoms.